The monoisotopic (exact) mass is 201 g/mol. The molecule has 9 heavy (non-hydrogen) atoms. The summed E-state index contributed by atoms with van der Waals surface area (Å²) in [7, 11) is 0. The molecule has 0 aliphatic heterocycles. The van der Waals surface area contributed by atoms with Crippen molar-refractivity contribution < 1.29 is 14.4 Å². The van der Waals surface area contributed by atoms with Gasteiger partial charge in [-0.2, -0.15) is 4.39 Å². The molecule has 0 fully saturated rings. The van der Waals surface area contributed by atoms with Crippen molar-refractivity contribution in [1.29, 1.82) is 0 Å². The third-order valence-electron chi connectivity index (χ3n) is 0.774. The van der Waals surface area contributed by atoms with Crippen LogP contribution in [0.2, 0.25) is 0 Å². The Morgan fingerprint density at radius 2 is 2.33 bits per heavy atom. The molecule has 0 aromatic carbocycles. The minimum absolute atomic E-state index is 0.497. The first kappa shape index (κ1) is 8.77. The van der Waals surface area contributed by atoms with E-state index in [1.807, 2.05) is 0 Å². The Hall–Kier alpha value is -0.230. The summed E-state index contributed by atoms with van der Waals surface area (Å²) >= 11 is 2.56. The molecule has 0 spiro atoms. The van der Waals surface area contributed by atoms with Crippen LogP contribution in [0.3, 0.4) is 0 Å². The van der Waals surface area contributed by atoms with Crippen molar-refractivity contribution in [3.8, 4) is 0 Å². The average Bonchev–Trinajstić information content (AvgIpc) is 1.86. The van der Waals surface area contributed by atoms with E-state index in [0.717, 1.165) is 0 Å². The van der Waals surface area contributed by atoms with Gasteiger partial charge in [0.2, 0.25) is 0 Å². The zero-order valence-electron chi connectivity index (χ0n) is 4.38. The highest BCUT2D eigenvalue weighted by Crippen LogP contribution is 2.13. The molecule has 1 unspecified atom stereocenters. The molecule has 0 rings (SSSR count). The van der Waals surface area contributed by atoms with E-state index in [0.29, 0.717) is 0 Å². The molecule has 0 aliphatic carbocycles. The maximum absolute atomic E-state index is 12.4. The molecule has 0 aromatic heterocycles. The van der Waals surface area contributed by atoms with Crippen LogP contribution >= 0.6 is 15.9 Å². The number of halogens is 2. The Labute approximate surface area is 58.9 Å². The Morgan fingerprint density at radius 3 is 2.33 bits per heavy atom. The summed E-state index contributed by atoms with van der Waals surface area (Å²) in [4.78, 5) is 8.56. The summed E-state index contributed by atoms with van der Waals surface area (Å²) in [5.41, 5.74) is 0. The molecular weight excluding hydrogens is 197 g/mol. The highest BCUT2D eigenvalue weighted by molar-refractivity contribution is 9.09. The fourth-order valence-electron chi connectivity index (χ4n) is 0.149. The molecule has 0 saturated heterocycles. The van der Waals surface area contributed by atoms with E-state index in [1.165, 1.54) is 0 Å². The zero-order chi connectivity index (χ0) is 7.49. The van der Waals surface area contributed by atoms with Gasteiger partial charge in [0.1, 0.15) is 11.9 Å². The molecule has 1 N–H and O–H groups in total. The van der Waals surface area contributed by atoms with E-state index < -0.39 is 22.7 Å². The zero-order valence-corrected chi connectivity index (χ0v) is 5.97. The maximum Gasteiger partial charge on any atom is 0.390 e. The number of nitrogens with zero attached hydrogens (tertiary/aromatic N) is 1. The van der Waals surface area contributed by atoms with Gasteiger partial charge < -0.3 is 5.11 Å². The van der Waals surface area contributed by atoms with Crippen LogP contribution < -0.4 is 0 Å². The van der Waals surface area contributed by atoms with E-state index in [1.54, 1.807) is 0 Å². The first-order chi connectivity index (χ1) is 4.06. The number of alkyl halides is 2. The lowest BCUT2D eigenvalue weighted by Gasteiger charge is -2.08. The van der Waals surface area contributed by atoms with Crippen molar-refractivity contribution in [2.24, 2.45) is 0 Å². The molecule has 54 valence electrons. The minimum Gasteiger partial charge on any atom is -0.386 e. The van der Waals surface area contributed by atoms with Crippen molar-refractivity contribution in [2.45, 2.75) is 5.79 Å². The minimum atomic E-state index is -2.72. The van der Waals surface area contributed by atoms with Gasteiger partial charge in [0.15, 0.2) is 0 Å². The second-order valence-electron chi connectivity index (χ2n) is 1.47. The molecule has 4 nitrogen and oxygen atoms in total. The van der Waals surface area contributed by atoms with E-state index >= 15 is 0 Å². The predicted molar refractivity (Wildman–Crippen MR) is 31.7 cm³/mol. The SMILES string of the molecule is O=[N+]([O-])C(F)(CO)CBr. The molecule has 0 radical (unpaired) electrons. The lowest BCUT2D eigenvalue weighted by molar-refractivity contribution is -0.601. The van der Waals surface area contributed by atoms with Crippen LogP contribution in [0.4, 0.5) is 4.39 Å². The van der Waals surface area contributed by atoms with Crippen LogP contribution in [0, 0.1) is 10.1 Å². The smallest absolute Gasteiger partial charge is 0.386 e. The lowest BCUT2D eigenvalue weighted by Crippen LogP contribution is -2.38. The molecule has 6 heteroatoms. The molecule has 0 aliphatic rings. The topological polar surface area (TPSA) is 63.4 Å². The summed E-state index contributed by atoms with van der Waals surface area (Å²) < 4.78 is 12.4. The molecule has 0 heterocycles. The van der Waals surface area contributed by atoms with Gasteiger partial charge in [-0.25, -0.2) is 0 Å². The summed E-state index contributed by atoms with van der Waals surface area (Å²) in [6.07, 6.45) is 0. The third kappa shape index (κ3) is 1.87. The Morgan fingerprint density at radius 1 is 1.89 bits per heavy atom. The fraction of sp³-hybridized carbons (Fsp3) is 1.00. The number of hydrogen-bond donors (Lipinski definition) is 1. The van der Waals surface area contributed by atoms with Gasteiger partial charge in [-0.3, -0.25) is 10.1 Å². The van der Waals surface area contributed by atoms with Crippen molar-refractivity contribution >= 4 is 15.9 Å². The van der Waals surface area contributed by atoms with Crippen molar-refractivity contribution in [3.63, 3.8) is 0 Å². The number of hydrogen-bond acceptors (Lipinski definition) is 3. The maximum atomic E-state index is 12.4. The van der Waals surface area contributed by atoms with Gasteiger partial charge in [-0.15, -0.1) is 0 Å². The van der Waals surface area contributed by atoms with Gasteiger partial charge in [0, 0.05) is 0 Å². The van der Waals surface area contributed by atoms with Crippen molar-refractivity contribution in [1.82, 2.24) is 0 Å². The quantitative estimate of drug-likeness (QED) is 0.310. The predicted octanol–water partition coefficient (Wildman–Crippen LogP) is 0.316. The largest absolute Gasteiger partial charge is 0.390 e. The van der Waals surface area contributed by atoms with Crippen LogP contribution in [0.5, 0.6) is 0 Å². The van der Waals surface area contributed by atoms with Gasteiger partial charge >= 0.3 is 5.79 Å². The highest BCUT2D eigenvalue weighted by Gasteiger charge is 2.40. The summed E-state index contributed by atoms with van der Waals surface area (Å²) in [6.45, 7) is -1.11. The molecular formula is C3H5BrFNO3. The molecule has 0 saturated carbocycles. The molecule has 0 aromatic rings. The van der Waals surface area contributed by atoms with Crippen molar-refractivity contribution in [3.05, 3.63) is 10.1 Å². The summed E-state index contributed by atoms with van der Waals surface area (Å²) in [5, 5.41) is 17.3. The Kier molecular flexibility index (Phi) is 2.99. The van der Waals surface area contributed by atoms with Gasteiger partial charge in [-0.1, -0.05) is 15.9 Å². The van der Waals surface area contributed by atoms with Crippen LogP contribution in [0.15, 0.2) is 0 Å². The van der Waals surface area contributed by atoms with E-state index in [-0.39, 0.29) is 0 Å². The number of aliphatic hydroxyl groups is 1. The van der Waals surface area contributed by atoms with E-state index in [4.69, 9.17) is 5.11 Å². The van der Waals surface area contributed by atoms with Crippen LogP contribution in [-0.4, -0.2) is 27.8 Å². The first-order valence-electron chi connectivity index (χ1n) is 2.07. The molecule has 1 atom stereocenters. The van der Waals surface area contributed by atoms with Crippen molar-refractivity contribution in [2.75, 3.05) is 11.9 Å². The average molecular weight is 202 g/mol. The highest BCUT2D eigenvalue weighted by atomic mass is 79.9. The van der Waals surface area contributed by atoms with Crippen LogP contribution in [-0.2, 0) is 0 Å². The van der Waals surface area contributed by atoms with E-state index in [2.05, 4.69) is 15.9 Å². The van der Waals surface area contributed by atoms with E-state index in [9.17, 15) is 14.5 Å². The third-order valence-corrected chi connectivity index (χ3v) is 1.63. The standard InChI is InChI=1S/C3H5BrFNO3/c4-1-3(5,2-7)6(8)9/h7H,1-2H2. The summed E-state index contributed by atoms with van der Waals surface area (Å²) in [5.74, 6) is -2.72. The second-order valence-corrected chi connectivity index (χ2v) is 2.03. The lowest BCUT2D eigenvalue weighted by atomic mass is 10.3. The first-order valence-corrected chi connectivity index (χ1v) is 3.19. The number of rotatable bonds is 3. The molecule has 0 bridgehead atoms. The normalized spacial score (nSPS) is 16.8. The van der Waals surface area contributed by atoms with Crippen LogP contribution in [0.25, 0.3) is 0 Å². The fourth-order valence-corrected chi connectivity index (χ4v) is 0.531. The van der Waals surface area contributed by atoms with Gasteiger partial charge in [0.05, 0.1) is 4.92 Å². The molecule has 0 amide bonds. The Bertz CT molecular complexity index is 116. The van der Waals surface area contributed by atoms with Crippen LogP contribution in [0.1, 0.15) is 0 Å². The number of aliphatic hydroxyl groups excluding tert-OH is 1. The van der Waals surface area contributed by atoms with Gasteiger partial charge in [-0.05, 0) is 0 Å². The van der Waals surface area contributed by atoms with Gasteiger partial charge in [0.25, 0.3) is 0 Å². The second kappa shape index (κ2) is 3.07. The summed E-state index contributed by atoms with van der Waals surface area (Å²) in [6, 6.07) is 0. The number of nitro groups is 1. The Balaban J connectivity index is 4.09.